The zero-order valence-electron chi connectivity index (χ0n) is 10.5. The molecule has 1 aliphatic rings. The third-order valence-electron chi connectivity index (χ3n) is 3.38. The van der Waals surface area contributed by atoms with Crippen molar-refractivity contribution in [3.05, 3.63) is 15.6 Å². The van der Waals surface area contributed by atoms with Gasteiger partial charge in [-0.15, -0.1) is 11.3 Å². The first-order valence-corrected chi connectivity index (χ1v) is 7.25. The van der Waals surface area contributed by atoms with Gasteiger partial charge in [-0.2, -0.15) is 0 Å². The van der Waals surface area contributed by atoms with Crippen molar-refractivity contribution in [1.82, 2.24) is 10.3 Å². The Hall–Kier alpha value is -0.410. The third-order valence-corrected chi connectivity index (χ3v) is 4.61. The molecule has 1 aromatic heterocycles. The highest BCUT2D eigenvalue weighted by Crippen LogP contribution is 2.44. The van der Waals surface area contributed by atoms with E-state index in [0.29, 0.717) is 5.92 Å². The average molecular weight is 238 g/mol. The standard InChI is InChI=1S/C13H22N2S/c1-4-9(5-2)13-15-12(10-6-7-10)11(16-13)8-14-3/h9-10,14H,4-8H2,1-3H3. The molecular formula is C13H22N2S. The summed E-state index contributed by atoms with van der Waals surface area (Å²) in [5.74, 6) is 1.45. The second-order valence-corrected chi connectivity index (χ2v) is 5.79. The summed E-state index contributed by atoms with van der Waals surface area (Å²) in [6.45, 7) is 5.53. The zero-order chi connectivity index (χ0) is 11.5. The Labute approximate surface area is 102 Å². The van der Waals surface area contributed by atoms with Crippen LogP contribution < -0.4 is 5.32 Å². The van der Waals surface area contributed by atoms with E-state index < -0.39 is 0 Å². The van der Waals surface area contributed by atoms with Crippen LogP contribution in [0, 0.1) is 0 Å². The van der Waals surface area contributed by atoms with Gasteiger partial charge in [-0.1, -0.05) is 13.8 Å². The molecule has 0 aliphatic heterocycles. The fraction of sp³-hybridized carbons (Fsp3) is 0.769. The molecule has 1 aromatic rings. The van der Waals surface area contributed by atoms with Crippen molar-refractivity contribution in [2.45, 2.75) is 57.9 Å². The molecule has 0 spiro atoms. The van der Waals surface area contributed by atoms with Gasteiger partial charge < -0.3 is 5.32 Å². The summed E-state index contributed by atoms with van der Waals surface area (Å²) in [4.78, 5) is 6.39. The minimum Gasteiger partial charge on any atom is -0.315 e. The number of nitrogens with zero attached hydrogens (tertiary/aromatic N) is 1. The molecule has 1 fully saturated rings. The maximum Gasteiger partial charge on any atom is 0.0962 e. The van der Waals surface area contributed by atoms with Gasteiger partial charge in [-0.05, 0) is 32.7 Å². The number of nitrogens with one attached hydrogen (secondary N) is 1. The van der Waals surface area contributed by atoms with Crippen molar-refractivity contribution in [2.24, 2.45) is 0 Å². The minimum atomic E-state index is 0.674. The van der Waals surface area contributed by atoms with E-state index in [1.165, 1.54) is 41.3 Å². The van der Waals surface area contributed by atoms with Gasteiger partial charge in [0.1, 0.15) is 0 Å². The largest absolute Gasteiger partial charge is 0.315 e. The molecule has 1 aliphatic carbocycles. The van der Waals surface area contributed by atoms with Crippen LogP contribution in [0.1, 0.15) is 66.9 Å². The Morgan fingerprint density at radius 1 is 1.38 bits per heavy atom. The van der Waals surface area contributed by atoms with Crippen molar-refractivity contribution in [2.75, 3.05) is 7.05 Å². The van der Waals surface area contributed by atoms with Gasteiger partial charge in [0, 0.05) is 23.3 Å². The van der Waals surface area contributed by atoms with Gasteiger partial charge in [-0.3, -0.25) is 0 Å². The molecule has 16 heavy (non-hydrogen) atoms. The minimum absolute atomic E-state index is 0.674. The third kappa shape index (κ3) is 2.46. The number of hydrogen-bond acceptors (Lipinski definition) is 3. The van der Waals surface area contributed by atoms with Gasteiger partial charge in [0.05, 0.1) is 10.7 Å². The summed E-state index contributed by atoms with van der Waals surface area (Å²) in [7, 11) is 2.02. The maximum atomic E-state index is 4.91. The second kappa shape index (κ2) is 5.28. The number of thiazole rings is 1. The van der Waals surface area contributed by atoms with Crippen molar-refractivity contribution < 1.29 is 0 Å². The summed E-state index contributed by atoms with van der Waals surface area (Å²) < 4.78 is 0. The lowest BCUT2D eigenvalue weighted by Crippen LogP contribution is -2.05. The predicted octanol–water partition coefficient (Wildman–Crippen LogP) is 3.64. The summed E-state index contributed by atoms with van der Waals surface area (Å²) in [5.41, 5.74) is 1.40. The fourth-order valence-electron chi connectivity index (χ4n) is 2.16. The summed E-state index contributed by atoms with van der Waals surface area (Å²) in [6, 6.07) is 0. The molecule has 1 N–H and O–H groups in total. The molecule has 0 saturated heterocycles. The van der Waals surface area contributed by atoms with Crippen LogP contribution in [0.2, 0.25) is 0 Å². The molecular weight excluding hydrogens is 216 g/mol. The van der Waals surface area contributed by atoms with Crippen LogP contribution in [-0.4, -0.2) is 12.0 Å². The van der Waals surface area contributed by atoms with Crippen molar-refractivity contribution >= 4 is 11.3 Å². The Morgan fingerprint density at radius 2 is 2.06 bits per heavy atom. The first-order chi connectivity index (χ1) is 7.80. The first kappa shape index (κ1) is 12.1. The van der Waals surface area contributed by atoms with Gasteiger partial charge in [-0.25, -0.2) is 4.98 Å². The lowest BCUT2D eigenvalue weighted by Gasteiger charge is -2.06. The van der Waals surface area contributed by atoms with Crippen LogP contribution in [0.15, 0.2) is 0 Å². The molecule has 0 amide bonds. The van der Waals surface area contributed by atoms with E-state index in [1.54, 1.807) is 0 Å². The normalized spacial score (nSPS) is 16.0. The predicted molar refractivity (Wildman–Crippen MR) is 70.2 cm³/mol. The topological polar surface area (TPSA) is 24.9 Å². The Bertz CT molecular complexity index is 338. The van der Waals surface area contributed by atoms with E-state index in [1.807, 2.05) is 18.4 Å². The van der Waals surface area contributed by atoms with Crippen molar-refractivity contribution in [3.8, 4) is 0 Å². The SMILES string of the molecule is CCC(CC)c1nc(C2CC2)c(CNC)s1. The monoisotopic (exact) mass is 238 g/mol. The van der Waals surface area contributed by atoms with Crippen LogP contribution in [0.4, 0.5) is 0 Å². The Morgan fingerprint density at radius 3 is 2.56 bits per heavy atom. The van der Waals surface area contributed by atoms with Crippen LogP contribution in [-0.2, 0) is 6.54 Å². The second-order valence-electron chi connectivity index (χ2n) is 4.68. The molecule has 0 radical (unpaired) electrons. The summed E-state index contributed by atoms with van der Waals surface area (Å²) in [6.07, 6.45) is 5.13. The highest BCUT2D eigenvalue weighted by atomic mass is 32.1. The molecule has 2 nitrogen and oxygen atoms in total. The summed E-state index contributed by atoms with van der Waals surface area (Å²) in [5, 5.41) is 4.64. The maximum absolute atomic E-state index is 4.91. The van der Waals surface area contributed by atoms with Crippen LogP contribution >= 0.6 is 11.3 Å². The Kier molecular flexibility index (Phi) is 3.98. The zero-order valence-corrected chi connectivity index (χ0v) is 11.4. The highest BCUT2D eigenvalue weighted by Gasteiger charge is 2.30. The van der Waals surface area contributed by atoms with Gasteiger partial charge in [0.2, 0.25) is 0 Å². The molecule has 90 valence electrons. The van der Waals surface area contributed by atoms with E-state index >= 15 is 0 Å². The smallest absolute Gasteiger partial charge is 0.0962 e. The Balaban J connectivity index is 2.22. The van der Waals surface area contributed by atoms with E-state index in [9.17, 15) is 0 Å². The van der Waals surface area contributed by atoms with Crippen molar-refractivity contribution in [1.29, 1.82) is 0 Å². The molecule has 2 rings (SSSR count). The van der Waals surface area contributed by atoms with E-state index in [2.05, 4.69) is 19.2 Å². The lowest BCUT2D eigenvalue weighted by molar-refractivity contribution is 0.635. The van der Waals surface area contributed by atoms with E-state index in [-0.39, 0.29) is 0 Å². The van der Waals surface area contributed by atoms with Gasteiger partial charge in [0.25, 0.3) is 0 Å². The van der Waals surface area contributed by atoms with Gasteiger partial charge in [0.15, 0.2) is 0 Å². The van der Waals surface area contributed by atoms with E-state index in [0.717, 1.165) is 12.5 Å². The molecule has 1 heterocycles. The molecule has 3 heteroatoms. The first-order valence-electron chi connectivity index (χ1n) is 6.44. The van der Waals surface area contributed by atoms with Crippen LogP contribution in [0.25, 0.3) is 0 Å². The number of rotatable bonds is 6. The lowest BCUT2D eigenvalue weighted by atomic mass is 10.1. The quantitative estimate of drug-likeness (QED) is 0.818. The summed E-state index contributed by atoms with van der Waals surface area (Å²) >= 11 is 1.94. The molecule has 0 atom stereocenters. The highest BCUT2D eigenvalue weighted by molar-refractivity contribution is 7.11. The van der Waals surface area contributed by atoms with Gasteiger partial charge >= 0.3 is 0 Å². The van der Waals surface area contributed by atoms with Crippen LogP contribution in [0.3, 0.4) is 0 Å². The fourth-order valence-corrected chi connectivity index (χ4v) is 3.59. The number of hydrogen-bond donors (Lipinski definition) is 1. The molecule has 0 bridgehead atoms. The number of aromatic nitrogens is 1. The van der Waals surface area contributed by atoms with Crippen LogP contribution in [0.5, 0.6) is 0 Å². The average Bonchev–Trinajstić information content (AvgIpc) is 3.05. The molecule has 0 aromatic carbocycles. The molecule has 1 saturated carbocycles. The van der Waals surface area contributed by atoms with E-state index in [4.69, 9.17) is 4.98 Å². The molecule has 0 unspecified atom stereocenters. The van der Waals surface area contributed by atoms with Crippen molar-refractivity contribution in [3.63, 3.8) is 0 Å².